The van der Waals surface area contributed by atoms with Crippen molar-refractivity contribution in [2.75, 3.05) is 39.4 Å². The molecule has 218 valence electrons. The zero-order chi connectivity index (χ0) is 29.6. The number of thiazole rings is 1. The first-order valence-corrected chi connectivity index (χ1v) is 14.8. The average Bonchev–Trinajstić information content (AvgIpc) is 3.33. The van der Waals surface area contributed by atoms with E-state index in [0.717, 1.165) is 35.8 Å². The van der Waals surface area contributed by atoms with E-state index in [-0.39, 0.29) is 17.1 Å². The standard InChI is InChI=1S/C31H43N3O5S/c1-18-28(40-19(2)32-18)26(36)23-24(20-16-21(30(3,4)5)25(35)22(17-20)31(6,7)8)34(29(38)27(23)37)11-9-10-33-12-14-39-15-13-33/h16-17,24,35,37H,9-15H2,1-8H3. The molecule has 0 saturated carbocycles. The third-order valence-electron chi connectivity index (χ3n) is 7.70. The van der Waals surface area contributed by atoms with Crippen LogP contribution in [0.5, 0.6) is 5.75 Å². The molecule has 1 aromatic carbocycles. The van der Waals surface area contributed by atoms with Crippen LogP contribution in [0, 0.1) is 13.8 Å². The molecule has 0 aliphatic carbocycles. The summed E-state index contributed by atoms with van der Waals surface area (Å²) in [6.45, 7) is 20.0. The third kappa shape index (κ3) is 5.97. The number of amides is 1. The first kappa shape index (κ1) is 30.2. The average molecular weight is 570 g/mol. The van der Waals surface area contributed by atoms with Crippen LogP contribution in [-0.2, 0) is 20.4 Å². The summed E-state index contributed by atoms with van der Waals surface area (Å²) in [6.07, 6.45) is 0.687. The number of aryl methyl sites for hydroxylation is 2. The molecule has 1 unspecified atom stereocenters. The molecule has 3 heterocycles. The fourth-order valence-electron chi connectivity index (χ4n) is 5.57. The molecule has 0 spiro atoms. The lowest BCUT2D eigenvalue weighted by atomic mass is 9.77. The number of carbonyl (C=O) groups excluding carboxylic acids is 2. The number of aromatic nitrogens is 1. The quantitative estimate of drug-likeness (QED) is 0.433. The summed E-state index contributed by atoms with van der Waals surface area (Å²) < 4.78 is 5.46. The van der Waals surface area contributed by atoms with E-state index in [1.807, 2.05) is 60.6 Å². The summed E-state index contributed by atoms with van der Waals surface area (Å²) in [4.78, 5) is 36.4. The summed E-state index contributed by atoms with van der Waals surface area (Å²) in [6, 6.07) is 3.01. The van der Waals surface area contributed by atoms with E-state index >= 15 is 0 Å². The first-order valence-electron chi connectivity index (χ1n) is 14.0. The van der Waals surface area contributed by atoms with Crippen LogP contribution in [0.3, 0.4) is 0 Å². The van der Waals surface area contributed by atoms with Crippen molar-refractivity contribution in [3.05, 3.63) is 55.7 Å². The topological polar surface area (TPSA) is 103 Å². The van der Waals surface area contributed by atoms with Gasteiger partial charge in [-0.05, 0) is 59.9 Å². The molecular formula is C31H43N3O5S. The highest BCUT2D eigenvalue weighted by atomic mass is 32.1. The molecule has 1 amide bonds. The summed E-state index contributed by atoms with van der Waals surface area (Å²) in [5, 5.41) is 23.3. The van der Waals surface area contributed by atoms with Crippen LogP contribution in [0.25, 0.3) is 0 Å². The van der Waals surface area contributed by atoms with E-state index < -0.39 is 28.5 Å². The maximum Gasteiger partial charge on any atom is 0.290 e. The van der Waals surface area contributed by atoms with Crippen LogP contribution in [0.15, 0.2) is 23.5 Å². The zero-order valence-corrected chi connectivity index (χ0v) is 25.9. The van der Waals surface area contributed by atoms with E-state index in [4.69, 9.17) is 4.74 Å². The number of rotatable bonds is 7. The Bertz CT molecular complexity index is 1290. The van der Waals surface area contributed by atoms with Crippen LogP contribution >= 0.6 is 11.3 Å². The molecule has 8 nitrogen and oxygen atoms in total. The summed E-state index contributed by atoms with van der Waals surface area (Å²) >= 11 is 1.27. The molecule has 1 saturated heterocycles. The monoisotopic (exact) mass is 569 g/mol. The van der Waals surface area contributed by atoms with Gasteiger partial charge in [-0.15, -0.1) is 11.3 Å². The highest BCUT2D eigenvalue weighted by Crippen LogP contribution is 2.46. The number of phenolic OH excluding ortho intramolecular Hbond substituents is 1. The van der Waals surface area contributed by atoms with Gasteiger partial charge < -0.3 is 19.8 Å². The number of aromatic hydroxyl groups is 1. The number of Topliss-reactive ketones (excluding diaryl/α,β-unsaturated/α-hetero) is 1. The number of hydrogen-bond donors (Lipinski definition) is 2. The van der Waals surface area contributed by atoms with E-state index in [1.165, 1.54) is 11.3 Å². The van der Waals surface area contributed by atoms with Crippen LogP contribution in [0.2, 0.25) is 0 Å². The highest BCUT2D eigenvalue weighted by molar-refractivity contribution is 7.14. The van der Waals surface area contributed by atoms with Gasteiger partial charge in [0.05, 0.1) is 40.4 Å². The van der Waals surface area contributed by atoms with Crippen LogP contribution in [0.1, 0.15) is 91.1 Å². The Hall–Kier alpha value is -2.75. The maximum atomic E-state index is 14.0. The number of ether oxygens (including phenoxy) is 1. The van der Waals surface area contributed by atoms with Crippen molar-refractivity contribution in [2.24, 2.45) is 0 Å². The van der Waals surface area contributed by atoms with Crippen LogP contribution < -0.4 is 0 Å². The Morgan fingerprint density at radius 3 is 2.10 bits per heavy atom. The molecule has 4 rings (SSSR count). The van der Waals surface area contributed by atoms with Gasteiger partial charge in [0.2, 0.25) is 5.78 Å². The van der Waals surface area contributed by atoms with Crippen molar-refractivity contribution >= 4 is 23.0 Å². The van der Waals surface area contributed by atoms with Crippen molar-refractivity contribution in [1.29, 1.82) is 0 Å². The third-order valence-corrected chi connectivity index (χ3v) is 8.77. The number of phenols is 1. The van der Waals surface area contributed by atoms with Gasteiger partial charge in [0.15, 0.2) is 5.76 Å². The number of benzene rings is 1. The Kier molecular flexibility index (Phi) is 8.50. The molecule has 9 heteroatoms. The van der Waals surface area contributed by atoms with Crippen molar-refractivity contribution in [1.82, 2.24) is 14.8 Å². The number of morpholine rings is 1. The molecule has 1 fully saturated rings. The van der Waals surface area contributed by atoms with Gasteiger partial charge in [-0.25, -0.2) is 4.98 Å². The molecule has 2 aromatic rings. The van der Waals surface area contributed by atoms with Crippen molar-refractivity contribution in [3.63, 3.8) is 0 Å². The lowest BCUT2D eigenvalue weighted by Gasteiger charge is -2.33. The van der Waals surface area contributed by atoms with Gasteiger partial charge in [0, 0.05) is 26.2 Å². The highest BCUT2D eigenvalue weighted by Gasteiger charge is 2.45. The van der Waals surface area contributed by atoms with Gasteiger partial charge in [0.25, 0.3) is 5.91 Å². The number of aliphatic hydroxyl groups excluding tert-OH is 1. The van der Waals surface area contributed by atoms with Crippen LogP contribution in [0.4, 0.5) is 0 Å². The number of aliphatic hydroxyl groups is 1. The fraction of sp³-hybridized carbons (Fsp3) is 0.581. The van der Waals surface area contributed by atoms with E-state index in [2.05, 4.69) is 9.88 Å². The second kappa shape index (κ2) is 11.3. The number of nitrogens with zero attached hydrogens (tertiary/aromatic N) is 3. The molecule has 1 aromatic heterocycles. The Balaban J connectivity index is 1.83. The Morgan fingerprint density at radius 1 is 1.02 bits per heavy atom. The van der Waals surface area contributed by atoms with Crippen molar-refractivity contribution in [3.8, 4) is 5.75 Å². The predicted octanol–water partition coefficient (Wildman–Crippen LogP) is 5.36. The minimum absolute atomic E-state index is 0.0773. The van der Waals surface area contributed by atoms with E-state index in [0.29, 0.717) is 42.3 Å². The van der Waals surface area contributed by atoms with Crippen LogP contribution in [-0.4, -0.2) is 76.1 Å². The number of hydrogen-bond acceptors (Lipinski definition) is 8. The fourth-order valence-corrected chi connectivity index (χ4v) is 6.45. The molecule has 0 radical (unpaired) electrons. The first-order chi connectivity index (χ1) is 18.6. The van der Waals surface area contributed by atoms with E-state index in [9.17, 15) is 19.8 Å². The minimum Gasteiger partial charge on any atom is -0.507 e. The summed E-state index contributed by atoms with van der Waals surface area (Å²) in [7, 11) is 0. The summed E-state index contributed by atoms with van der Waals surface area (Å²) in [5.74, 6) is -1.20. The second-order valence-electron chi connectivity index (χ2n) is 12.9. The van der Waals surface area contributed by atoms with Gasteiger partial charge in [-0.3, -0.25) is 14.5 Å². The van der Waals surface area contributed by atoms with Crippen molar-refractivity contribution in [2.45, 2.75) is 78.7 Å². The molecule has 0 bridgehead atoms. The smallest absolute Gasteiger partial charge is 0.290 e. The molecular weight excluding hydrogens is 526 g/mol. The summed E-state index contributed by atoms with van der Waals surface area (Å²) in [5.41, 5.74) is 2.04. The molecule has 1 atom stereocenters. The van der Waals surface area contributed by atoms with E-state index in [1.54, 1.807) is 11.8 Å². The van der Waals surface area contributed by atoms with Gasteiger partial charge in [-0.1, -0.05) is 41.5 Å². The lowest BCUT2D eigenvalue weighted by molar-refractivity contribution is -0.129. The number of carbonyl (C=O) groups is 2. The van der Waals surface area contributed by atoms with Gasteiger partial charge in [0.1, 0.15) is 5.75 Å². The minimum atomic E-state index is -0.783. The largest absolute Gasteiger partial charge is 0.507 e. The van der Waals surface area contributed by atoms with Gasteiger partial charge >= 0.3 is 0 Å². The predicted molar refractivity (Wildman–Crippen MR) is 157 cm³/mol. The van der Waals surface area contributed by atoms with Crippen molar-refractivity contribution < 1.29 is 24.5 Å². The maximum absolute atomic E-state index is 14.0. The molecule has 2 N–H and O–H groups in total. The molecule has 2 aliphatic heterocycles. The normalized spacial score (nSPS) is 19.1. The number of ketones is 1. The second-order valence-corrected chi connectivity index (χ2v) is 14.1. The zero-order valence-electron chi connectivity index (χ0n) is 25.1. The van der Waals surface area contributed by atoms with Gasteiger partial charge in [-0.2, -0.15) is 0 Å². The molecule has 2 aliphatic rings. The Morgan fingerprint density at radius 2 is 1.60 bits per heavy atom. The Labute approximate surface area is 241 Å². The lowest BCUT2D eigenvalue weighted by Crippen LogP contribution is -2.39. The SMILES string of the molecule is Cc1nc(C)c(C(=O)C2=C(O)C(=O)N(CCCN3CCOCC3)C2c2cc(C(C)(C)C)c(O)c(C(C)(C)C)c2)s1. The molecule has 40 heavy (non-hydrogen) atoms.